The van der Waals surface area contributed by atoms with E-state index in [9.17, 15) is 13.2 Å². The van der Waals surface area contributed by atoms with E-state index in [0.717, 1.165) is 4.47 Å². The van der Waals surface area contributed by atoms with Crippen LogP contribution in [0.5, 0.6) is 0 Å². The molecule has 4 nitrogen and oxygen atoms in total. The minimum absolute atomic E-state index is 0.0581. The first-order valence-electron chi connectivity index (χ1n) is 3.28. The van der Waals surface area contributed by atoms with E-state index in [1.807, 2.05) is 0 Å². The Morgan fingerprint density at radius 3 is 2.23 bits per heavy atom. The van der Waals surface area contributed by atoms with Crippen LogP contribution in [-0.4, -0.2) is 14.8 Å². The smallest absolute Gasteiger partial charge is 0.263 e. The van der Waals surface area contributed by atoms with Gasteiger partial charge in [-0.1, -0.05) is 15.9 Å². The maximum atomic E-state index is 11.2. The van der Waals surface area contributed by atoms with Gasteiger partial charge in [-0.2, -0.15) is 0 Å². The first-order valence-corrected chi connectivity index (χ1v) is 5.55. The lowest BCUT2D eigenvalue weighted by atomic mass is 10.4. The molecule has 0 aromatic heterocycles. The van der Waals surface area contributed by atoms with E-state index < -0.39 is 10.0 Å². The summed E-state index contributed by atoms with van der Waals surface area (Å²) in [7, 11) is -3.67. The number of rotatable bonds is 3. The predicted octanol–water partition coefficient (Wildman–Crippen LogP) is 0.884. The molecule has 0 atom stereocenters. The molecular formula is C7H6BrNO3S. The van der Waals surface area contributed by atoms with Crippen LogP contribution in [0.4, 0.5) is 0 Å². The van der Waals surface area contributed by atoms with Crippen molar-refractivity contribution in [2.24, 2.45) is 0 Å². The second-order valence-electron chi connectivity index (χ2n) is 2.19. The molecule has 13 heavy (non-hydrogen) atoms. The average Bonchev–Trinajstić information content (AvgIpc) is 2.05. The van der Waals surface area contributed by atoms with Gasteiger partial charge in [0.05, 0.1) is 4.90 Å². The van der Waals surface area contributed by atoms with Crippen LogP contribution in [0.25, 0.3) is 0 Å². The average molecular weight is 264 g/mol. The number of carbonyl (C=O) groups excluding carboxylic acids is 1. The maximum Gasteiger partial charge on any atom is 0.263 e. The molecule has 0 heterocycles. The first kappa shape index (κ1) is 10.2. The summed E-state index contributed by atoms with van der Waals surface area (Å²) in [4.78, 5) is 10.0. The van der Waals surface area contributed by atoms with Gasteiger partial charge in [0.1, 0.15) is 0 Å². The molecular weight excluding hydrogens is 258 g/mol. The molecule has 1 N–H and O–H groups in total. The Hall–Kier alpha value is -0.880. The van der Waals surface area contributed by atoms with E-state index >= 15 is 0 Å². The summed E-state index contributed by atoms with van der Waals surface area (Å²) < 4.78 is 24.9. The van der Waals surface area contributed by atoms with Gasteiger partial charge in [-0.15, -0.1) is 0 Å². The molecule has 1 aromatic carbocycles. The lowest BCUT2D eigenvalue weighted by Crippen LogP contribution is -2.21. The van der Waals surface area contributed by atoms with Crippen molar-refractivity contribution < 1.29 is 13.2 Å². The van der Waals surface area contributed by atoms with E-state index in [0.29, 0.717) is 0 Å². The first-order chi connectivity index (χ1) is 6.06. The summed E-state index contributed by atoms with van der Waals surface area (Å²) in [5.74, 6) is 0. The van der Waals surface area contributed by atoms with E-state index in [2.05, 4.69) is 15.9 Å². The predicted molar refractivity (Wildman–Crippen MR) is 50.5 cm³/mol. The minimum atomic E-state index is -3.67. The Labute approximate surface area is 84.1 Å². The summed E-state index contributed by atoms with van der Waals surface area (Å²) in [5, 5.41) is 0. The van der Waals surface area contributed by atoms with Crippen molar-refractivity contribution in [1.29, 1.82) is 0 Å². The van der Waals surface area contributed by atoms with Crippen LogP contribution in [0, 0.1) is 0 Å². The number of amides is 1. The number of benzene rings is 1. The van der Waals surface area contributed by atoms with Gasteiger partial charge >= 0.3 is 0 Å². The molecule has 1 rings (SSSR count). The standard InChI is InChI=1S/C7H6BrNO3S/c8-6-1-3-7(4-2-6)13(11,12)9-5-10/h1-5H,(H,9,10). The van der Waals surface area contributed by atoms with Crippen LogP contribution in [-0.2, 0) is 14.8 Å². The van der Waals surface area contributed by atoms with Crippen molar-refractivity contribution in [2.45, 2.75) is 4.90 Å². The third kappa shape index (κ3) is 2.53. The number of hydrogen-bond donors (Lipinski definition) is 1. The summed E-state index contributed by atoms with van der Waals surface area (Å²) in [6.07, 6.45) is 0.136. The highest BCUT2D eigenvalue weighted by molar-refractivity contribution is 9.10. The van der Waals surface area contributed by atoms with Crippen molar-refractivity contribution in [3.05, 3.63) is 28.7 Å². The summed E-state index contributed by atoms with van der Waals surface area (Å²) >= 11 is 3.17. The molecule has 1 amide bonds. The van der Waals surface area contributed by atoms with Crippen molar-refractivity contribution in [2.75, 3.05) is 0 Å². The van der Waals surface area contributed by atoms with E-state index in [1.54, 1.807) is 16.9 Å². The zero-order chi connectivity index (χ0) is 9.90. The molecule has 0 aliphatic rings. The van der Waals surface area contributed by atoms with Gasteiger partial charge in [-0.3, -0.25) is 9.52 Å². The van der Waals surface area contributed by atoms with Crippen LogP contribution in [0.3, 0.4) is 0 Å². The molecule has 0 bridgehead atoms. The Bertz CT molecular complexity index is 398. The molecule has 1 aromatic rings. The third-order valence-corrected chi connectivity index (χ3v) is 3.16. The van der Waals surface area contributed by atoms with E-state index in [4.69, 9.17) is 0 Å². The van der Waals surface area contributed by atoms with Gasteiger partial charge in [-0.05, 0) is 24.3 Å². The Morgan fingerprint density at radius 1 is 1.23 bits per heavy atom. The molecule has 6 heteroatoms. The van der Waals surface area contributed by atoms with Gasteiger partial charge in [0.15, 0.2) is 0 Å². The largest absolute Gasteiger partial charge is 0.278 e. The Kier molecular flexibility index (Phi) is 3.05. The molecule has 70 valence electrons. The fraction of sp³-hybridized carbons (Fsp3) is 0. The zero-order valence-electron chi connectivity index (χ0n) is 6.40. The number of hydrogen-bond acceptors (Lipinski definition) is 3. The molecule has 0 spiro atoms. The van der Waals surface area contributed by atoms with Gasteiger partial charge in [0.25, 0.3) is 10.0 Å². The highest BCUT2D eigenvalue weighted by atomic mass is 79.9. The van der Waals surface area contributed by atoms with E-state index in [-0.39, 0.29) is 11.3 Å². The maximum absolute atomic E-state index is 11.2. The highest BCUT2D eigenvalue weighted by Crippen LogP contribution is 2.13. The summed E-state index contributed by atoms with van der Waals surface area (Å²) in [6.45, 7) is 0. The molecule has 0 radical (unpaired) electrons. The van der Waals surface area contributed by atoms with Crippen LogP contribution >= 0.6 is 15.9 Å². The summed E-state index contributed by atoms with van der Waals surface area (Å²) in [6, 6.07) is 5.96. The van der Waals surface area contributed by atoms with E-state index in [1.165, 1.54) is 12.1 Å². The van der Waals surface area contributed by atoms with Crippen molar-refractivity contribution in [3.63, 3.8) is 0 Å². The monoisotopic (exact) mass is 263 g/mol. The SMILES string of the molecule is O=CNS(=O)(=O)c1ccc(Br)cc1. The van der Waals surface area contributed by atoms with Crippen LogP contribution < -0.4 is 4.72 Å². The van der Waals surface area contributed by atoms with Gasteiger partial charge < -0.3 is 0 Å². The topological polar surface area (TPSA) is 63.2 Å². The molecule has 0 unspecified atom stereocenters. The van der Waals surface area contributed by atoms with Crippen molar-refractivity contribution in [3.8, 4) is 0 Å². The van der Waals surface area contributed by atoms with Crippen molar-refractivity contribution >= 4 is 32.4 Å². The number of nitrogens with one attached hydrogen (secondary N) is 1. The molecule has 0 aliphatic heterocycles. The number of carbonyl (C=O) groups is 1. The van der Waals surface area contributed by atoms with Crippen LogP contribution in [0.15, 0.2) is 33.6 Å². The molecule has 0 aliphatic carbocycles. The normalized spacial score (nSPS) is 10.8. The third-order valence-electron chi connectivity index (χ3n) is 1.33. The minimum Gasteiger partial charge on any atom is -0.278 e. The summed E-state index contributed by atoms with van der Waals surface area (Å²) in [5.41, 5.74) is 0. The van der Waals surface area contributed by atoms with Crippen molar-refractivity contribution in [1.82, 2.24) is 4.72 Å². The quantitative estimate of drug-likeness (QED) is 0.824. The Morgan fingerprint density at radius 2 is 1.77 bits per heavy atom. The van der Waals surface area contributed by atoms with Gasteiger partial charge in [0, 0.05) is 4.47 Å². The lowest BCUT2D eigenvalue weighted by molar-refractivity contribution is -0.108. The molecule has 0 fully saturated rings. The van der Waals surface area contributed by atoms with Gasteiger partial charge in [-0.25, -0.2) is 8.42 Å². The van der Waals surface area contributed by atoms with Gasteiger partial charge in [0.2, 0.25) is 6.41 Å². The number of sulfonamides is 1. The highest BCUT2D eigenvalue weighted by Gasteiger charge is 2.11. The lowest BCUT2D eigenvalue weighted by Gasteiger charge is -2.00. The number of halogens is 1. The fourth-order valence-electron chi connectivity index (χ4n) is 0.745. The Balaban J connectivity index is 3.08. The second kappa shape index (κ2) is 3.89. The fourth-order valence-corrected chi connectivity index (χ4v) is 1.77. The molecule has 0 saturated heterocycles. The molecule has 0 saturated carbocycles. The zero-order valence-corrected chi connectivity index (χ0v) is 8.80. The van der Waals surface area contributed by atoms with Crippen LogP contribution in [0.2, 0.25) is 0 Å². The van der Waals surface area contributed by atoms with Crippen LogP contribution in [0.1, 0.15) is 0 Å². The second-order valence-corrected chi connectivity index (χ2v) is 4.82.